The van der Waals surface area contributed by atoms with Gasteiger partial charge in [-0.25, -0.2) is 9.80 Å². The molecule has 2 N–H and O–H groups in total. The maximum absolute atomic E-state index is 13.6. The first-order valence-electron chi connectivity index (χ1n) is 13.5. The number of ketones is 1. The molecule has 4 rings (SSSR count). The molecule has 0 aliphatic heterocycles. The summed E-state index contributed by atoms with van der Waals surface area (Å²) in [6, 6.07) is 8.59. The van der Waals surface area contributed by atoms with E-state index in [0.29, 0.717) is 39.9 Å². The highest BCUT2D eigenvalue weighted by molar-refractivity contribution is 6.30. The summed E-state index contributed by atoms with van der Waals surface area (Å²) in [5.74, 6) is 0.0185. The van der Waals surface area contributed by atoms with Crippen LogP contribution in [0.15, 0.2) is 52.3 Å². The van der Waals surface area contributed by atoms with E-state index < -0.39 is 17.5 Å². The molecule has 2 aromatic heterocycles. The number of methoxy groups -OCH3 is 2. The Balaban J connectivity index is 1.80. The van der Waals surface area contributed by atoms with Gasteiger partial charge in [-0.15, -0.1) is 10.2 Å². The Kier molecular flexibility index (Phi) is 9.72. The number of likely N-dealkylation sites (N-methyl/N-ethyl adjacent to an activating group) is 1. The highest BCUT2D eigenvalue weighted by Gasteiger charge is 2.36. The lowest BCUT2D eigenvalue weighted by Crippen LogP contribution is -2.45. The first-order valence-corrected chi connectivity index (χ1v) is 13.9. The Morgan fingerprint density at radius 2 is 1.81 bits per heavy atom. The van der Waals surface area contributed by atoms with Crippen molar-refractivity contribution in [1.29, 1.82) is 0 Å². The number of carbonyl (C=O) groups excluding carboxylic acids is 2. The van der Waals surface area contributed by atoms with E-state index in [0.717, 1.165) is 0 Å². The molecule has 1 amide bonds. The molecule has 0 radical (unpaired) electrons. The smallest absolute Gasteiger partial charge is 0.422 e. The normalized spacial score (nSPS) is 13.9. The zero-order valence-electron chi connectivity index (χ0n) is 24.9. The van der Waals surface area contributed by atoms with Gasteiger partial charge in [0.25, 0.3) is 5.89 Å². The number of amides is 1. The fourth-order valence-corrected chi connectivity index (χ4v) is 4.64. The minimum Gasteiger partial charge on any atom is -0.506 e. The molecule has 12 nitrogen and oxygen atoms in total. The fourth-order valence-electron chi connectivity index (χ4n) is 4.53. The maximum atomic E-state index is 13.6. The number of pyridine rings is 1. The topological polar surface area (TPSA) is 149 Å². The Morgan fingerprint density at radius 1 is 1.12 bits per heavy atom. The summed E-state index contributed by atoms with van der Waals surface area (Å²) in [5.41, 5.74) is 3.70. The van der Waals surface area contributed by atoms with E-state index in [2.05, 4.69) is 20.6 Å². The van der Waals surface area contributed by atoms with Gasteiger partial charge in [0, 0.05) is 37.0 Å². The summed E-state index contributed by atoms with van der Waals surface area (Å²) in [5, 5.41) is 22.0. The number of aliphatic hydroxyl groups excluding tert-OH is 1. The molecule has 0 spiro atoms. The van der Waals surface area contributed by atoms with Crippen LogP contribution >= 0.6 is 11.6 Å². The molecule has 0 fully saturated rings. The van der Waals surface area contributed by atoms with Crippen molar-refractivity contribution in [3.05, 3.63) is 75.9 Å². The molecule has 0 atom stereocenters. The summed E-state index contributed by atoms with van der Waals surface area (Å²) < 4.78 is 22.5. The number of hydrazine groups is 1. The maximum Gasteiger partial charge on any atom is 0.422 e. The molecule has 1 aliphatic carbocycles. The lowest BCUT2D eigenvalue weighted by Gasteiger charge is -2.29. The molecule has 43 heavy (non-hydrogen) atoms. The lowest BCUT2D eigenvalue weighted by atomic mass is 9.84. The summed E-state index contributed by atoms with van der Waals surface area (Å²) in [7, 11) is 2.98. The van der Waals surface area contributed by atoms with Crippen molar-refractivity contribution in [1.82, 2.24) is 25.6 Å². The van der Waals surface area contributed by atoms with Gasteiger partial charge in [0.1, 0.15) is 28.4 Å². The number of aromatic nitrogens is 3. The Hall–Kier alpha value is -4.42. The van der Waals surface area contributed by atoms with Crippen LogP contribution in [0, 0.1) is 0 Å². The highest BCUT2D eigenvalue weighted by atomic mass is 35.5. The largest absolute Gasteiger partial charge is 0.506 e. The lowest BCUT2D eigenvalue weighted by molar-refractivity contribution is -0.113. The third-order valence-corrected chi connectivity index (χ3v) is 6.59. The van der Waals surface area contributed by atoms with E-state index >= 15 is 0 Å². The van der Waals surface area contributed by atoms with Crippen molar-refractivity contribution in [2.24, 2.45) is 0 Å². The summed E-state index contributed by atoms with van der Waals surface area (Å²) in [6.45, 7) is 7.56. The predicted octanol–water partition coefficient (Wildman–Crippen LogP) is 5.18. The van der Waals surface area contributed by atoms with Gasteiger partial charge in [0.15, 0.2) is 5.78 Å². The molecule has 1 aromatic carbocycles. The molecule has 0 saturated heterocycles. The van der Waals surface area contributed by atoms with Gasteiger partial charge in [-0.3, -0.25) is 15.2 Å². The molecule has 0 unspecified atom stereocenters. The van der Waals surface area contributed by atoms with Crippen LogP contribution in [0.3, 0.4) is 0 Å². The number of allylic oxidation sites excluding steroid dienone is 2. The average Bonchev–Trinajstić information content (AvgIpc) is 3.40. The van der Waals surface area contributed by atoms with Crippen molar-refractivity contribution in [2.75, 3.05) is 27.3 Å². The number of nitrogens with zero attached hydrogens (tertiary/aromatic N) is 4. The van der Waals surface area contributed by atoms with E-state index in [4.69, 9.17) is 30.2 Å². The van der Waals surface area contributed by atoms with Crippen molar-refractivity contribution in [3.8, 4) is 11.5 Å². The minimum atomic E-state index is -0.706. The van der Waals surface area contributed by atoms with Crippen molar-refractivity contribution >= 4 is 34.6 Å². The number of hydrogen-bond donors (Lipinski definition) is 2. The quantitative estimate of drug-likeness (QED) is 0.292. The summed E-state index contributed by atoms with van der Waals surface area (Å²) in [4.78, 5) is 30.4. The number of nitrogens with one attached hydrogen (secondary N) is 1. The van der Waals surface area contributed by atoms with E-state index in [1.807, 2.05) is 6.92 Å². The average molecular weight is 612 g/mol. The number of rotatable bonds is 10. The van der Waals surface area contributed by atoms with Crippen LogP contribution in [0.2, 0.25) is 5.02 Å². The molecule has 2 heterocycles. The van der Waals surface area contributed by atoms with Gasteiger partial charge in [-0.05, 0) is 50.6 Å². The van der Waals surface area contributed by atoms with Crippen LogP contribution < -0.4 is 14.9 Å². The number of ether oxygens (including phenoxy) is 3. The minimum absolute atomic E-state index is 0.0761. The second-order valence-corrected chi connectivity index (χ2v) is 11.0. The molecule has 0 saturated carbocycles. The van der Waals surface area contributed by atoms with Crippen LogP contribution in [0.25, 0.3) is 11.1 Å². The van der Waals surface area contributed by atoms with Crippen LogP contribution in [0.5, 0.6) is 11.5 Å². The SMILES string of the molecule is CCN(CC1=C(c2c(OC)cccc2OC)C(O)=C(c2nnc(Cc3ccc(Cl)cn3)o2)C(=O)C1)NC(=O)OC(C)(C)C. The molecule has 228 valence electrons. The van der Waals surface area contributed by atoms with E-state index in [-0.39, 0.29) is 48.1 Å². The monoisotopic (exact) mass is 611 g/mol. The number of carbonyl (C=O) groups is 2. The van der Waals surface area contributed by atoms with Crippen LogP contribution in [0.1, 0.15) is 57.2 Å². The van der Waals surface area contributed by atoms with Gasteiger partial charge in [-0.2, -0.15) is 0 Å². The second kappa shape index (κ2) is 13.3. The molecule has 13 heteroatoms. The number of Topliss-reactive ketones (excluding diaryl/α,β-unsaturated/α-hetero) is 1. The van der Waals surface area contributed by atoms with Crippen LogP contribution in [0.4, 0.5) is 4.79 Å². The van der Waals surface area contributed by atoms with E-state index in [1.165, 1.54) is 20.4 Å². The highest BCUT2D eigenvalue weighted by Crippen LogP contribution is 2.45. The second-order valence-electron chi connectivity index (χ2n) is 10.6. The zero-order chi connectivity index (χ0) is 31.3. The molecule has 3 aromatic rings. The standard InChI is InChI=1S/C30H34ClN5O7/c1-7-36(35-29(39)43-30(2,3)4)16-17-13-20(37)25(27(38)24(17)26-21(40-5)9-8-10-22(26)41-6)28-34-33-23(42-28)14-19-12-11-18(31)15-32-19/h8-12,15,38H,7,13-14,16H2,1-6H3,(H,35,39). The first-order chi connectivity index (χ1) is 20.4. The van der Waals surface area contributed by atoms with Crippen molar-refractivity contribution in [2.45, 2.75) is 46.1 Å². The predicted molar refractivity (Wildman–Crippen MR) is 159 cm³/mol. The van der Waals surface area contributed by atoms with Gasteiger partial charge < -0.3 is 23.7 Å². The number of aliphatic hydroxyl groups is 1. The van der Waals surface area contributed by atoms with Gasteiger partial charge >= 0.3 is 6.09 Å². The summed E-state index contributed by atoms with van der Waals surface area (Å²) in [6.07, 6.45) is 0.924. The Bertz CT molecular complexity index is 1540. The van der Waals surface area contributed by atoms with Crippen molar-refractivity contribution in [3.63, 3.8) is 0 Å². The number of halogens is 1. The molecule has 1 aliphatic rings. The Morgan fingerprint density at radius 3 is 2.40 bits per heavy atom. The van der Waals surface area contributed by atoms with Crippen LogP contribution in [-0.2, 0) is 16.0 Å². The van der Waals surface area contributed by atoms with Gasteiger partial charge in [0.05, 0.1) is 31.2 Å². The molecular formula is C30H34ClN5O7. The van der Waals surface area contributed by atoms with Crippen molar-refractivity contribution < 1.29 is 33.3 Å². The number of benzene rings is 1. The number of hydrogen-bond acceptors (Lipinski definition) is 11. The Labute approximate surface area is 254 Å². The third kappa shape index (κ3) is 7.51. The zero-order valence-corrected chi connectivity index (χ0v) is 25.6. The molecular weight excluding hydrogens is 578 g/mol. The van der Waals surface area contributed by atoms with Gasteiger partial charge in [-0.1, -0.05) is 24.6 Å². The van der Waals surface area contributed by atoms with Gasteiger partial charge in [0.2, 0.25) is 5.89 Å². The first kappa shape index (κ1) is 31.5. The summed E-state index contributed by atoms with van der Waals surface area (Å²) >= 11 is 5.93. The van der Waals surface area contributed by atoms with Crippen LogP contribution in [-0.4, -0.2) is 70.1 Å². The third-order valence-electron chi connectivity index (χ3n) is 6.37. The van der Waals surface area contributed by atoms with E-state index in [9.17, 15) is 14.7 Å². The fraction of sp³-hybridized carbons (Fsp3) is 0.367. The molecule has 0 bridgehead atoms. The van der Waals surface area contributed by atoms with E-state index in [1.54, 1.807) is 56.1 Å².